The van der Waals surface area contributed by atoms with Crippen LogP contribution in [0.4, 0.5) is 0 Å². The van der Waals surface area contributed by atoms with Gasteiger partial charge in [0.05, 0.1) is 18.3 Å². The second-order valence-corrected chi connectivity index (χ2v) is 12.0. The van der Waals surface area contributed by atoms with E-state index in [9.17, 15) is 24.6 Å². The number of aliphatic hydroxyl groups excluding tert-OH is 1. The van der Waals surface area contributed by atoms with Gasteiger partial charge in [0.15, 0.2) is 11.9 Å². The number of ether oxygens (including phenoxy) is 3. The average Bonchev–Trinajstić information content (AvgIpc) is 2.83. The highest BCUT2D eigenvalue weighted by Gasteiger charge is 2.70. The van der Waals surface area contributed by atoms with Crippen LogP contribution in [0.3, 0.4) is 0 Å². The minimum Gasteiger partial charge on any atom is -0.458 e. The lowest BCUT2D eigenvalue weighted by Gasteiger charge is -2.65. The van der Waals surface area contributed by atoms with Gasteiger partial charge in [-0.2, -0.15) is 0 Å². The number of hydrogen-bond donors (Lipinski definition) is 2. The molecule has 1 aliphatic heterocycles. The second-order valence-electron chi connectivity index (χ2n) is 12.0. The summed E-state index contributed by atoms with van der Waals surface area (Å²) in [4.78, 5) is 39.1. The fraction of sp³-hybridized carbons (Fsp3) is 0.621. The van der Waals surface area contributed by atoms with Crippen LogP contribution in [0.1, 0.15) is 64.2 Å². The quantitative estimate of drug-likeness (QED) is 0.594. The van der Waals surface area contributed by atoms with Crippen molar-refractivity contribution < 1.29 is 38.8 Å². The Kier molecular flexibility index (Phi) is 6.17. The molecular formula is C29H36O8. The van der Waals surface area contributed by atoms with Crippen molar-refractivity contribution in [2.45, 2.75) is 83.9 Å². The summed E-state index contributed by atoms with van der Waals surface area (Å²) >= 11 is 0. The first-order chi connectivity index (χ1) is 17.3. The molecule has 3 aliphatic carbocycles. The van der Waals surface area contributed by atoms with E-state index in [4.69, 9.17) is 14.2 Å². The maximum atomic E-state index is 13.4. The minimum absolute atomic E-state index is 0.0328. The Bertz CT molecular complexity index is 1160. The minimum atomic E-state index is -1.37. The molecule has 2 saturated carbocycles. The van der Waals surface area contributed by atoms with Crippen LogP contribution in [0, 0.1) is 22.7 Å². The second kappa shape index (κ2) is 8.75. The zero-order chi connectivity index (χ0) is 26.9. The number of carbonyl (C=O) groups excluding carboxylic acids is 3. The lowest BCUT2D eigenvalue weighted by Crippen LogP contribution is -2.76. The standard InChI is InChI=1S/C29H36O8/c1-15-19(31)13-18-22(37-26(33)17-9-7-6-8-10-17)24-28(5,12-11-20-29(24,34)14-35-20)25(32)23(36-16(2)30)21(15)27(18,3)4/h6-10,18,20,22-25,32,34H,11-14H2,1-5H3/t18-,20+,22+,23+,24-,25-,28+,29-/m0/s1. The van der Waals surface area contributed by atoms with Gasteiger partial charge in [0.25, 0.3) is 0 Å². The topological polar surface area (TPSA) is 119 Å². The summed E-state index contributed by atoms with van der Waals surface area (Å²) in [5, 5.41) is 24.0. The number of fused-ring (bicyclic) bond motifs is 5. The summed E-state index contributed by atoms with van der Waals surface area (Å²) in [6, 6.07) is 8.61. The predicted molar refractivity (Wildman–Crippen MR) is 132 cm³/mol. The van der Waals surface area contributed by atoms with Gasteiger partial charge in [-0.3, -0.25) is 9.59 Å². The van der Waals surface area contributed by atoms with Gasteiger partial charge in [0.2, 0.25) is 0 Å². The largest absolute Gasteiger partial charge is 0.458 e. The van der Waals surface area contributed by atoms with E-state index in [0.717, 1.165) is 0 Å². The van der Waals surface area contributed by atoms with E-state index in [1.54, 1.807) is 37.3 Å². The van der Waals surface area contributed by atoms with Crippen molar-refractivity contribution in [3.63, 3.8) is 0 Å². The Hall–Kier alpha value is -2.55. The zero-order valence-corrected chi connectivity index (χ0v) is 22.0. The molecule has 0 radical (unpaired) electrons. The zero-order valence-electron chi connectivity index (χ0n) is 22.0. The number of Topliss-reactive ketones (excluding diaryl/α,β-unsaturated/α-hetero) is 1. The normalized spacial score (nSPS) is 40.4. The van der Waals surface area contributed by atoms with Crippen LogP contribution in [0.2, 0.25) is 0 Å². The van der Waals surface area contributed by atoms with Crippen molar-refractivity contribution in [3.8, 4) is 0 Å². The molecule has 8 atom stereocenters. The number of aliphatic hydroxyl groups is 2. The number of rotatable bonds is 3. The lowest BCUT2D eigenvalue weighted by atomic mass is 9.46. The molecule has 1 aromatic carbocycles. The van der Waals surface area contributed by atoms with Crippen molar-refractivity contribution in [3.05, 3.63) is 47.0 Å². The van der Waals surface area contributed by atoms with E-state index in [1.807, 2.05) is 20.8 Å². The van der Waals surface area contributed by atoms with Gasteiger partial charge in [0, 0.05) is 30.6 Å². The first kappa shape index (κ1) is 26.1. The Morgan fingerprint density at radius 3 is 2.38 bits per heavy atom. The van der Waals surface area contributed by atoms with Crippen LogP contribution in [-0.2, 0) is 23.8 Å². The third-order valence-corrected chi connectivity index (χ3v) is 9.63. The van der Waals surface area contributed by atoms with Gasteiger partial charge < -0.3 is 24.4 Å². The van der Waals surface area contributed by atoms with Gasteiger partial charge in [-0.05, 0) is 48.5 Å². The highest BCUT2D eigenvalue weighted by atomic mass is 16.6. The number of carbonyl (C=O) groups is 3. The van der Waals surface area contributed by atoms with Gasteiger partial charge >= 0.3 is 11.9 Å². The summed E-state index contributed by atoms with van der Waals surface area (Å²) in [5.74, 6) is -2.56. The molecular weight excluding hydrogens is 476 g/mol. The first-order valence-electron chi connectivity index (χ1n) is 13.0. The van der Waals surface area contributed by atoms with Crippen LogP contribution in [0.15, 0.2) is 41.5 Å². The first-order valence-corrected chi connectivity index (χ1v) is 13.0. The van der Waals surface area contributed by atoms with E-state index < -0.39 is 64.6 Å². The smallest absolute Gasteiger partial charge is 0.338 e. The Morgan fingerprint density at radius 1 is 1.11 bits per heavy atom. The number of esters is 2. The van der Waals surface area contributed by atoms with Crippen LogP contribution in [0.5, 0.6) is 0 Å². The molecule has 3 fully saturated rings. The van der Waals surface area contributed by atoms with Crippen LogP contribution >= 0.6 is 0 Å². The van der Waals surface area contributed by atoms with E-state index in [1.165, 1.54) is 6.92 Å². The third kappa shape index (κ3) is 3.79. The van der Waals surface area contributed by atoms with Crippen LogP contribution in [0.25, 0.3) is 0 Å². The SMILES string of the molecule is CC(=O)O[C@@H]1C2=C(C)C(=O)C[C@@H]([C@@H](OC(=O)c3ccccc3)[C@H]3[C@@](C)(CC[C@H]4OC[C@]43O)[C@H]1O)C2(C)C. The monoisotopic (exact) mass is 512 g/mol. The number of benzene rings is 1. The Morgan fingerprint density at radius 2 is 1.78 bits per heavy atom. The lowest BCUT2D eigenvalue weighted by molar-refractivity contribution is -0.332. The van der Waals surface area contributed by atoms with Crippen LogP contribution < -0.4 is 0 Å². The third-order valence-electron chi connectivity index (χ3n) is 9.63. The van der Waals surface area contributed by atoms with Crippen molar-refractivity contribution >= 4 is 17.7 Å². The summed E-state index contributed by atoms with van der Waals surface area (Å²) < 4.78 is 17.8. The van der Waals surface area contributed by atoms with Crippen molar-refractivity contribution in [1.29, 1.82) is 0 Å². The molecule has 1 heterocycles. The van der Waals surface area contributed by atoms with Crippen molar-refractivity contribution in [2.75, 3.05) is 6.61 Å². The number of hydrogen-bond acceptors (Lipinski definition) is 8. The molecule has 0 unspecified atom stereocenters. The Balaban J connectivity index is 1.72. The maximum absolute atomic E-state index is 13.4. The number of allylic oxidation sites excluding steroid dienone is 1. The van der Waals surface area contributed by atoms with Crippen molar-refractivity contribution in [1.82, 2.24) is 0 Å². The summed E-state index contributed by atoms with van der Waals surface area (Å²) in [5.41, 5.74) is -1.80. The van der Waals surface area contributed by atoms with Gasteiger partial charge in [0.1, 0.15) is 17.8 Å². The van der Waals surface area contributed by atoms with Crippen molar-refractivity contribution in [2.24, 2.45) is 22.7 Å². The molecule has 2 bridgehead atoms. The Labute approximate surface area is 217 Å². The summed E-state index contributed by atoms with van der Waals surface area (Å²) in [7, 11) is 0. The van der Waals surface area contributed by atoms with Gasteiger partial charge in [-0.1, -0.05) is 39.0 Å². The molecule has 200 valence electrons. The van der Waals surface area contributed by atoms with Gasteiger partial charge in [-0.15, -0.1) is 0 Å². The molecule has 4 aliphatic rings. The summed E-state index contributed by atoms with van der Waals surface area (Å²) in [6.07, 6.45) is -2.63. The molecule has 1 saturated heterocycles. The number of ketones is 1. The molecule has 8 heteroatoms. The molecule has 0 amide bonds. The fourth-order valence-electron chi connectivity index (χ4n) is 7.66. The molecule has 37 heavy (non-hydrogen) atoms. The summed E-state index contributed by atoms with van der Waals surface area (Å²) in [6.45, 7) is 8.74. The molecule has 1 aromatic rings. The predicted octanol–water partition coefficient (Wildman–Crippen LogP) is 3.00. The van der Waals surface area contributed by atoms with E-state index in [0.29, 0.717) is 29.6 Å². The molecule has 0 spiro atoms. The molecule has 5 rings (SSSR count). The molecule has 2 N–H and O–H groups in total. The van der Waals surface area contributed by atoms with E-state index >= 15 is 0 Å². The average molecular weight is 513 g/mol. The molecule has 8 nitrogen and oxygen atoms in total. The highest BCUT2D eigenvalue weighted by molar-refractivity contribution is 5.97. The van der Waals surface area contributed by atoms with Gasteiger partial charge in [-0.25, -0.2) is 4.79 Å². The molecule has 0 aromatic heterocycles. The van der Waals surface area contributed by atoms with E-state index in [2.05, 4.69) is 0 Å². The van der Waals surface area contributed by atoms with E-state index in [-0.39, 0.29) is 18.8 Å². The van der Waals surface area contributed by atoms with Crippen LogP contribution in [-0.4, -0.2) is 64.6 Å². The highest BCUT2D eigenvalue weighted by Crippen LogP contribution is 2.62. The fourth-order valence-corrected chi connectivity index (χ4v) is 7.66. The maximum Gasteiger partial charge on any atom is 0.338 e.